The molecule has 1 heterocycles. The summed E-state index contributed by atoms with van der Waals surface area (Å²) in [4.78, 5) is 20.9. The number of amides is 1. The second-order valence-corrected chi connectivity index (χ2v) is 6.75. The highest BCUT2D eigenvalue weighted by Crippen LogP contribution is 2.19. The van der Waals surface area contributed by atoms with Crippen LogP contribution in [0.1, 0.15) is 35.5 Å². The molecule has 0 aliphatic carbocycles. The molecule has 0 spiro atoms. The highest BCUT2D eigenvalue weighted by molar-refractivity contribution is 5.92. The summed E-state index contributed by atoms with van der Waals surface area (Å²) in [5, 5.41) is 5.98. The van der Waals surface area contributed by atoms with Crippen molar-refractivity contribution in [2.75, 3.05) is 5.32 Å². The second-order valence-electron chi connectivity index (χ2n) is 6.75. The maximum absolute atomic E-state index is 12.4. The Labute approximate surface area is 165 Å². The van der Waals surface area contributed by atoms with E-state index in [4.69, 9.17) is 4.74 Å². The first-order chi connectivity index (χ1) is 13.5. The lowest BCUT2D eigenvalue weighted by Crippen LogP contribution is -2.24. The summed E-state index contributed by atoms with van der Waals surface area (Å²) in [6.45, 7) is 6.44. The first-order valence-electron chi connectivity index (χ1n) is 9.20. The fourth-order valence-electron chi connectivity index (χ4n) is 2.54. The van der Waals surface area contributed by atoms with Gasteiger partial charge in [0.05, 0.1) is 6.10 Å². The molecule has 2 aromatic carbocycles. The van der Waals surface area contributed by atoms with Crippen molar-refractivity contribution >= 4 is 17.5 Å². The van der Waals surface area contributed by atoms with Gasteiger partial charge in [-0.3, -0.25) is 4.79 Å². The van der Waals surface area contributed by atoms with Gasteiger partial charge in [0.15, 0.2) is 0 Å². The van der Waals surface area contributed by atoms with E-state index in [0.29, 0.717) is 18.2 Å². The average molecular weight is 376 g/mol. The zero-order valence-electron chi connectivity index (χ0n) is 16.3. The fourth-order valence-corrected chi connectivity index (χ4v) is 2.54. The number of hydrogen-bond donors (Lipinski definition) is 2. The van der Waals surface area contributed by atoms with Crippen LogP contribution in [0.3, 0.4) is 0 Å². The molecular formula is C22H24N4O2. The van der Waals surface area contributed by atoms with Crippen molar-refractivity contribution in [1.29, 1.82) is 0 Å². The molecular weight excluding hydrogens is 352 g/mol. The maximum Gasteiger partial charge on any atom is 0.270 e. The first-order valence-corrected chi connectivity index (χ1v) is 9.20. The quantitative estimate of drug-likeness (QED) is 0.645. The average Bonchev–Trinajstić information content (AvgIpc) is 2.69. The Morgan fingerprint density at radius 2 is 1.75 bits per heavy atom. The van der Waals surface area contributed by atoms with E-state index in [1.54, 1.807) is 12.3 Å². The van der Waals surface area contributed by atoms with Gasteiger partial charge in [-0.15, -0.1) is 0 Å². The third kappa shape index (κ3) is 5.54. The molecule has 1 amide bonds. The van der Waals surface area contributed by atoms with Gasteiger partial charge in [-0.25, -0.2) is 9.97 Å². The van der Waals surface area contributed by atoms with Gasteiger partial charge in [-0.1, -0.05) is 29.8 Å². The molecule has 0 aliphatic rings. The maximum atomic E-state index is 12.4. The lowest BCUT2D eigenvalue weighted by molar-refractivity contribution is 0.0946. The molecule has 0 atom stereocenters. The van der Waals surface area contributed by atoms with E-state index in [1.807, 2.05) is 69.3 Å². The molecule has 1 aromatic heterocycles. The summed E-state index contributed by atoms with van der Waals surface area (Å²) in [5.74, 6) is 0.915. The number of aromatic nitrogens is 2. The van der Waals surface area contributed by atoms with Gasteiger partial charge in [0.2, 0.25) is 5.95 Å². The molecule has 6 heteroatoms. The highest BCUT2D eigenvalue weighted by Gasteiger charge is 2.09. The molecule has 0 unspecified atom stereocenters. The highest BCUT2D eigenvalue weighted by atomic mass is 16.5. The molecule has 144 valence electrons. The minimum Gasteiger partial charge on any atom is -0.491 e. The molecule has 3 rings (SSSR count). The predicted octanol–water partition coefficient (Wildman–Crippen LogP) is 4.25. The monoisotopic (exact) mass is 376 g/mol. The van der Waals surface area contributed by atoms with Gasteiger partial charge >= 0.3 is 0 Å². The van der Waals surface area contributed by atoms with Gasteiger partial charge < -0.3 is 15.4 Å². The van der Waals surface area contributed by atoms with Gasteiger partial charge in [0, 0.05) is 18.4 Å². The van der Waals surface area contributed by atoms with E-state index in [0.717, 1.165) is 17.0 Å². The Morgan fingerprint density at radius 1 is 1.04 bits per heavy atom. The third-order valence-electron chi connectivity index (χ3n) is 3.94. The number of nitrogens with one attached hydrogen (secondary N) is 2. The smallest absolute Gasteiger partial charge is 0.270 e. The van der Waals surface area contributed by atoms with Crippen LogP contribution in [0.2, 0.25) is 0 Å². The number of anilines is 2. The topological polar surface area (TPSA) is 76.1 Å². The normalized spacial score (nSPS) is 10.6. The van der Waals surface area contributed by atoms with E-state index >= 15 is 0 Å². The number of hydrogen-bond acceptors (Lipinski definition) is 5. The van der Waals surface area contributed by atoms with Crippen LogP contribution >= 0.6 is 0 Å². The van der Waals surface area contributed by atoms with Crippen molar-refractivity contribution in [3.63, 3.8) is 0 Å². The Hall–Kier alpha value is -3.41. The summed E-state index contributed by atoms with van der Waals surface area (Å²) in [6, 6.07) is 17.1. The van der Waals surface area contributed by atoms with Crippen LogP contribution in [0.4, 0.5) is 11.6 Å². The van der Waals surface area contributed by atoms with Crippen LogP contribution < -0.4 is 15.4 Å². The summed E-state index contributed by atoms with van der Waals surface area (Å²) in [5.41, 5.74) is 3.35. The molecule has 0 saturated heterocycles. The number of rotatable bonds is 7. The molecule has 6 nitrogen and oxygen atoms in total. The zero-order chi connectivity index (χ0) is 19.9. The van der Waals surface area contributed by atoms with Gasteiger partial charge in [-0.2, -0.15) is 0 Å². The lowest BCUT2D eigenvalue weighted by Gasteiger charge is -2.11. The van der Waals surface area contributed by atoms with E-state index in [1.165, 1.54) is 5.56 Å². The standard InChI is InChI=1S/C22H24N4O2/c1-15(2)28-19-10-8-18(9-11-19)25-22-23-13-12-20(26-22)21(27)24-14-17-6-4-16(3)5-7-17/h4-13,15H,14H2,1-3H3,(H,24,27)(H,23,25,26). The predicted molar refractivity (Wildman–Crippen MR) is 110 cm³/mol. The minimum absolute atomic E-state index is 0.122. The summed E-state index contributed by atoms with van der Waals surface area (Å²) >= 11 is 0. The number of aryl methyl sites for hydroxylation is 1. The lowest BCUT2D eigenvalue weighted by atomic mass is 10.1. The molecule has 0 aliphatic heterocycles. The van der Waals surface area contributed by atoms with Crippen LogP contribution in [-0.4, -0.2) is 22.0 Å². The molecule has 2 N–H and O–H groups in total. The van der Waals surface area contributed by atoms with Gasteiger partial charge in [-0.05, 0) is 56.7 Å². The number of nitrogens with zero attached hydrogens (tertiary/aromatic N) is 2. The fraction of sp³-hybridized carbons (Fsp3) is 0.227. The largest absolute Gasteiger partial charge is 0.491 e. The zero-order valence-corrected chi connectivity index (χ0v) is 16.3. The van der Waals surface area contributed by atoms with Crippen molar-refractivity contribution in [2.45, 2.75) is 33.4 Å². The number of carbonyl (C=O) groups excluding carboxylic acids is 1. The van der Waals surface area contributed by atoms with Crippen LogP contribution in [0, 0.1) is 6.92 Å². The second kappa shape index (κ2) is 8.99. The van der Waals surface area contributed by atoms with Crippen molar-refractivity contribution < 1.29 is 9.53 Å². The number of carbonyl (C=O) groups is 1. The third-order valence-corrected chi connectivity index (χ3v) is 3.94. The van der Waals surface area contributed by atoms with E-state index in [2.05, 4.69) is 20.6 Å². The molecule has 0 radical (unpaired) electrons. The van der Waals surface area contributed by atoms with Gasteiger partial charge in [0.25, 0.3) is 5.91 Å². The summed E-state index contributed by atoms with van der Waals surface area (Å²) in [7, 11) is 0. The number of benzene rings is 2. The van der Waals surface area contributed by atoms with Crippen LogP contribution in [0.15, 0.2) is 60.8 Å². The van der Waals surface area contributed by atoms with E-state index in [-0.39, 0.29) is 12.0 Å². The molecule has 3 aromatic rings. The molecule has 0 bridgehead atoms. The molecule has 28 heavy (non-hydrogen) atoms. The minimum atomic E-state index is -0.244. The van der Waals surface area contributed by atoms with Crippen molar-refractivity contribution in [1.82, 2.24) is 15.3 Å². The first kappa shape index (κ1) is 19.4. The van der Waals surface area contributed by atoms with Crippen LogP contribution in [-0.2, 0) is 6.54 Å². The number of ether oxygens (including phenoxy) is 1. The van der Waals surface area contributed by atoms with E-state index in [9.17, 15) is 4.79 Å². The van der Waals surface area contributed by atoms with Crippen LogP contribution in [0.5, 0.6) is 5.75 Å². The Bertz CT molecular complexity index is 922. The van der Waals surface area contributed by atoms with Crippen molar-refractivity contribution in [3.05, 3.63) is 77.6 Å². The van der Waals surface area contributed by atoms with E-state index < -0.39 is 0 Å². The Kier molecular flexibility index (Phi) is 6.22. The molecule has 0 fully saturated rings. The van der Waals surface area contributed by atoms with Crippen molar-refractivity contribution in [2.24, 2.45) is 0 Å². The Morgan fingerprint density at radius 3 is 2.43 bits per heavy atom. The Balaban J connectivity index is 1.61. The van der Waals surface area contributed by atoms with Gasteiger partial charge in [0.1, 0.15) is 11.4 Å². The summed E-state index contributed by atoms with van der Waals surface area (Å²) < 4.78 is 5.63. The van der Waals surface area contributed by atoms with Crippen LogP contribution in [0.25, 0.3) is 0 Å². The summed E-state index contributed by atoms with van der Waals surface area (Å²) in [6.07, 6.45) is 1.68. The molecule has 0 saturated carbocycles. The SMILES string of the molecule is Cc1ccc(CNC(=O)c2ccnc(Nc3ccc(OC(C)C)cc3)n2)cc1. The van der Waals surface area contributed by atoms with Crippen molar-refractivity contribution in [3.8, 4) is 5.75 Å².